The minimum absolute atomic E-state index is 0.242. The second-order valence-corrected chi connectivity index (χ2v) is 6.50. The SMILES string of the molecule is CCCc1ccc(CN2CC[C@@H](NC(=O)c3ccccn3)[C@H](O)C2)o1. The molecule has 6 heteroatoms. The molecular formula is C19H25N3O3. The van der Waals surface area contributed by atoms with Crippen molar-refractivity contribution >= 4 is 5.91 Å². The lowest BCUT2D eigenvalue weighted by Crippen LogP contribution is -2.53. The third-order valence-electron chi connectivity index (χ3n) is 4.47. The highest BCUT2D eigenvalue weighted by molar-refractivity contribution is 5.92. The van der Waals surface area contributed by atoms with Gasteiger partial charge in [0.2, 0.25) is 0 Å². The van der Waals surface area contributed by atoms with Crippen molar-refractivity contribution in [3.63, 3.8) is 0 Å². The molecule has 0 unspecified atom stereocenters. The average molecular weight is 343 g/mol. The molecule has 0 aliphatic carbocycles. The van der Waals surface area contributed by atoms with Gasteiger partial charge in [0.15, 0.2) is 0 Å². The van der Waals surface area contributed by atoms with E-state index in [2.05, 4.69) is 22.1 Å². The third-order valence-corrected chi connectivity index (χ3v) is 4.47. The molecule has 3 rings (SSSR count). The number of hydrogen-bond donors (Lipinski definition) is 2. The van der Waals surface area contributed by atoms with E-state index in [9.17, 15) is 9.90 Å². The number of carbonyl (C=O) groups excluding carboxylic acids is 1. The number of aromatic nitrogens is 1. The summed E-state index contributed by atoms with van der Waals surface area (Å²) in [5.74, 6) is 1.69. The van der Waals surface area contributed by atoms with Gasteiger partial charge in [-0.15, -0.1) is 0 Å². The van der Waals surface area contributed by atoms with Gasteiger partial charge in [-0.1, -0.05) is 13.0 Å². The van der Waals surface area contributed by atoms with Gasteiger partial charge < -0.3 is 14.8 Å². The number of hydrogen-bond acceptors (Lipinski definition) is 5. The highest BCUT2D eigenvalue weighted by atomic mass is 16.3. The first-order valence-electron chi connectivity index (χ1n) is 8.85. The molecule has 1 amide bonds. The number of β-amino-alcohol motifs (C(OH)–C–C–N with tert-alkyl or cyclic N) is 1. The summed E-state index contributed by atoms with van der Waals surface area (Å²) in [5.41, 5.74) is 0.371. The van der Waals surface area contributed by atoms with Crippen LogP contribution in [0.4, 0.5) is 0 Å². The van der Waals surface area contributed by atoms with Crippen molar-refractivity contribution in [2.24, 2.45) is 0 Å². The molecule has 1 aliphatic heterocycles. The average Bonchev–Trinajstić information content (AvgIpc) is 3.05. The van der Waals surface area contributed by atoms with E-state index in [-0.39, 0.29) is 11.9 Å². The van der Waals surface area contributed by atoms with Gasteiger partial charge in [0.25, 0.3) is 5.91 Å². The number of rotatable bonds is 6. The zero-order chi connectivity index (χ0) is 17.6. The van der Waals surface area contributed by atoms with Crippen molar-refractivity contribution in [2.75, 3.05) is 13.1 Å². The first-order valence-corrected chi connectivity index (χ1v) is 8.85. The van der Waals surface area contributed by atoms with Crippen LogP contribution in [-0.2, 0) is 13.0 Å². The van der Waals surface area contributed by atoms with Crippen LogP contribution in [0.3, 0.4) is 0 Å². The molecule has 0 bridgehead atoms. The van der Waals surface area contributed by atoms with Crippen molar-refractivity contribution in [3.8, 4) is 0 Å². The predicted octanol–water partition coefficient (Wildman–Crippen LogP) is 1.99. The van der Waals surface area contributed by atoms with Crippen LogP contribution in [-0.4, -0.2) is 46.1 Å². The predicted molar refractivity (Wildman–Crippen MR) is 94.1 cm³/mol. The zero-order valence-corrected chi connectivity index (χ0v) is 14.5. The summed E-state index contributed by atoms with van der Waals surface area (Å²) < 4.78 is 5.81. The number of pyridine rings is 1. The number of nitrogens with one attached hydrogen (secondary N) is 1. The molecule has 2 aromatic heterocycles. The van der Waals surface area contributed by atoms with Gasteiger partial charge in [-0.25, -0.2) is 0 Å². The van der Waals surface area contributed by atoms with Crippen LogP contribution in [0.15, 0.2) is 40.9 Å². The Hall–Kier alpha value is -2.18. The Labute approximate surface area is 147 Å². The molecule has 0 spiro atoms. The highest BCUT2D eigenvalue weighted by Crippen LogP contribution is 2.17. The zero-order valence-electron chi connectivity index (χ0n) is 14.5. The Balaban J connectivity index is 1.51. The third kappa shape index (κ3) is 4.67. The normalized spacial score (nSPS) is 21.2. The second-order valence-electron chi connectivity index (χ2n) is 6.50. The van der Waals surface area contributed by atoms with Gasteiger partial charge in [0.1, 0.15) is 17.2 Å². The van der Waals surface area contributed by atoms with Crippen LogP contribution in [0.5, 0.6) is 0 Å². The minimum Gasteiger partial charge on any atom is -0.465 e. The lowest BCUT2D eigenvalue weighted by Gasteiger charge is -2.35. The Bertz CT molecular complexity index is 686. The number of aliphatic hydroxyl groups excluding tert-OH is 1. The maximum atomic E-state index is 12.2. The quantitative estimate of drug-likeness (QED) is 0.839. The molecule has 6 nitrogen and oxygen atoms in total. The van der Waals surface area contributed by atoms with Gasteiger partial charge in [-0.05, 0) is 37.1 Å². The van der Waals surface area contributed by atoms with Crippen LogP contribution in [0.2, 0.25) is 0 Å². The molecule has 25 heavy (non-hydrogen) atoms. The van der Waals surface area contributed by atoms with Crippen LogP contribution in [0, 0.1) is 0 Å². The van der Waals surface area contributed by atoms with Crippen LogP contribution >= 0.6 is 0 Å². The summed E-state index contributed by atoms with van der Waals surface area (Å²) in [6, 6.07) is 8.99. The fourth-order valence-corrected chi connectivity index (χ4v) is 3.16. The Kier molecular flexibility index (Phi) is 5.83. The summed E-state index contributed by atoms with van der Waals surface area (Å²) in [7, 11) is 0. The molecular weight excluding hydrogens is 318 g/mol. The molecule has 0 radical (unpaired) electrons. The molecule has 3 heterocycles. The summed E-state index contributed by atoms with van der Waals surface area (Å²) in [6.45, 7) is 4.12. The summed E-state index contributed by atoms with van der Waals surface area (Å²) in [6.07, 6.45) is 3.69. The first kappa shape index (κ1) is 17.6. The maximum absolute atomic E-state index is 12.2. The van der Waals surface area contributed by atoms with Crippen LogP contribution in [0.1, 0.15) is 41.8 Å². The molecule has 2 aromatic rings. The van der Waals surface area contributed by atoms with Gasteiger partial charge in [0, 0.05) is 25.7 Å². The van der Waals surface area contributed by atoms with Crippen molar-refractivity contribution < 1.29 is 14.3 Å². The van der Waals surface area contributed by atoms with Gasteiger partial charge in [0.05, 0.1) is 18.7 Å². The van der Waals surface area contributed by atoms with Crippen LogP contribution in [0.25, 0.3) is 0 Å². The molecule has 2 N–H and O–H groups in total. The topological polar surface area (TPSA) is 78.6 Å². The lowest BCUT2D eigenvalue weighted by molar-refractivity contribution is 0.0324. The molecule has 0 aromatic carbocycles. The van der Waals surface area contributed by atoms with E-state index in [1.54, 1.807) is 24.4 Å². The maximum Gasteiger partial charge on any atom is 0.270 e. The number of amides is 1. The highest BCUT2D eigenvalue weighted by Gasteiger charge is 2.29. The minimum atomic E-state index is -0.605. The molecule has 1 aliphatic rings. The van der Waals surface area contributed by atoms with E-state index in [1.807, 2.05) is 12.1 Å². The fraction of sp³-hybridized carbons (Fsp3) is 0.474. The molecule has 2 atom stereocenters. The largest absolute Gasteiger partial charge is 0.465 e. The molecule has 1 saturated heterocycles. The number of furan rings is 1. The summed E-state index contributed by atoms with van der Waals surface area (Å²) in [4.78, 5) is 18.4. The van der Waals surface area contributed by atoms with E-state index >= 15 is 0 Å². The van der Waals surface area contributed by atoms with Crippen molar-refractivity contribution in [3.05, 3.63) is 53.7 Å². The molecule has 0 saturated carbocycles. The van der Waals surface area contributed by atoms with E-state index in [1.165, 1.54) is 0 Å². The summed E-state index contributed by atoms with van der Waals surface area (Å²) in [5, 5.41) is 13.3. The summed E-state index contributed by atoms with van der Waals surface area (Å²) >= 11 is 0. The van der Waals surface area contributed by atoms with Crippen molar-refractivity contribution in [2.45, 2.75) is 44.9 Å². The van der Waals surface area contributed by atoms with E-state index in [4.69, 9.17) is 4.42 Å². The van der Waals surface area contributed by atoms with E-state index in [0.717, 1.165) is 30.9 Å². The monoisotopic (exact) mass is 343 g/mol. The van der Waals surface area contributed by atoms with Crippen molar-refractivity contribution in [1.82, 2.24) is 15.2 Å². The van der Waals surface area contributed by atoms with Crippen LogP contribution < -0.4 is 5.32 Å². The first-order chi connectivity index (χ1) is 12.2. The Morgan fingerprint density at radius 2 is 2.20 bits per heavy atom. The van der Waals surface area contributed by atoms with Gasteiger partial charge in [-0.3, -0.25) is 14.7 Å². The van der Waals surface area contributed by atoms with Gasteiger partial charge in [-0.2, -0.15) is 0 Å². The number of likely N-dealkylation sites (tertiary alicyclic amines) is 1. The number of aryl methyl sites for hydroxylation is 1. The van der Waals surface area contributed by atoms with Crippen molar-refractivity contribution in [1.29, 1.82) is 0 Å². The number of carbonyl (C=O) groups is 1. The number of aliphatic hydroxyl groups is 1. The van der Waals surface area contributed by atoms with Gasteiger partial charge >= 0.3 is 0 Å². The molecule has 134 valence electrons. The van der Waals surface area contributed by atoms with E-state index < -0.39 is 6.10 Å². The Morgan fingerprint density at radius 3 is 2.92 bits per heavy atom. The standard InChI is InChI=1S/C19H25N3O3/c1-2-5-14-7-8-15(25-14)12-22-11-9-16(18(23)13-22)21-19(24)17-6-3-4-10-20-17/h3-4,6-8,10,16,18,23H,2,5,9,11-13H2,1H3,(H,21,24)/t16-,18-/m1/s1. The molecule has 1 fully saturated rings. The second kappa shape index (κ2) is 8.27. The van der Waals surface area contributed by atoms with E-state index in [0.29, 0.717) is 25.2 Å². The fourth-order valence-electron chi connectivity index (χ4n) is 3.16. The lowest BCUT2D eigenvalue weighted by atomic mass is 10.0. The number of piperidine rings is 1. The number of nitrogens with zero attached hydrogens (tertiary/aromatic N) is 2. The Morgan fingerprint density at radius 1 is 1.36 bits per heavy atom. The smallest absolute Gasteiger partial charge is 0.270 e.